The lowest BCUT2D eigenvalue weighted by Gasteiger charge is -2.17. The molecule has 3 rings (SSSR count). The highest BCUT2D eigenvalue weighted by Gasteiger charge is 2.14. The predicted octanol–water partition coefficient (Wildman–Crippen LogP) is 5.72. The van der Waals surface area contributed by atoms with Crippen molar-refractivity contribution in [3.8, 4) is 0 Å². The number of benzene rings is 3. The second-order valence-electron chi connectivity index (χ2n) is 5.17. The molecule has 1 atom stereocenters. The maximum absolute atomic E-state index is 6.52. The van der Waals surface area contributed by atoms with E-state index in [2.05, 4.69) is 87.3 Å². The lowest BCUT2D eigenvalue weighted by atomic mass is 9.94. The molecule has 0 saturated heterocycles. The summed E-state index contributed by atoms with van der Waals surface area (Å²) in [6.07, 6.45) is 0. The minimum atomic E-state index is -0.139. The Morgan fingerprint density at radius 3 is 2.29 bits per heavy atom. The molecule has 1 nitrogen and oxygen atoms in total. The molecule has 21 heavy (non-hydrogen) atoms. The fourth-order valence-corrected chi connectivity index (χ4v) is 3.41. The van der Waals surface area contributed by atoms with Crippen molar-refractivity contribution in [3.05, 3.63) is 80.2 Å². The van der Waals surface area contributed by atoms with Crippen LogP contribution in [0.15, 0.2) is 63.5 Å². The summed E-state index contributed by atoms with van der Waals surface area (Å²) in [7, 11) is 0. The van der Waals surface area contributed by atoms with Gasteiger partial charge in [0.05, 0.1) is 6.04 Å². The predicted molar refractivity (Wildman–Crippen MR) is 96.6 cm³/mol. The summed E-state index contributed by atoms with van der Waals surface area (Å²) in [6.45, 7) is 2.08. The number of rotatable bonds is 2. The topological polar surface area (TPSA) is 26.0 Å². The Kier molecular flexibility index (Phi) is 4.16. The van der Waals surface area contributed by atoms with Gasteiger partial charge in [0.15, 0.2) is 0 Å². The standard InChI is InChI=1S/C18H15Br2N/c1-11-6-7-12(10-17(11)20)18(21)15-8-9-16(19)14-5-3-2-4-13(14)15/h2-10,18H,21H2,1H3. The zero-order chi connectivity index (χ0) is 15.0. The van der Waals surface area contributed by atoms with Gasteiger partial charge in [-0.15, -0.1) is 0 Å². The van der Waals surface area contributed by atoms with Gasteiger partial charge in [0.25, 0.3) is 0 Å². The van der Waals surface area contributed by atoms with Crippen molar-refractivity contribution in [2.45, 2.75) is 13.0 Å². The maximum Gasteiger partial charge on any atom is 0.0558 e. The molecule has 3 aromatic rings. The van der Waals surface area contributed by atoms with E-state index in [1.807, 2.05) is 6.07 Å². The number of hydrogen-bond donors (Lipinski definition) is 1. The van der Waals surface area contributed by atoms with Crippen molar-refractivity contribution in [1.29, 1.82) is 0 Å². The van der Waals surface area contributed by atoms with Crippen molar-refractivity contribution >= 4 is 42.6 Å². The van der Waals surface area contributed by atoms with Gasteiger partial charge in [0.2, 0.25) is 0 Å². The fraction of sp³-hybridized carbons (Fsp3) is 0.111. The Hall–Kier alpha value is -1.16. The molecule has 106 valence electrons. The average molecular weight is 405 g/mol. The molecule has 0 aliphatic carbocycles. The SMILES string of the molecule is Cc1ccc(C(N)c2ccc(Br)c3ccccc23)cc1Br. The Labute approximate surface area is 141 Å². The van der Waals surface area contributed by atoms with Crippen LogP contribution in [0.5, 0.6) is 0 Å². The lowest BCUT2D eigenvalue weighted by molar-refractivity contribution is 0.878. The molecule has 0 radical (unpaired) electrons. The van der Waals surface area contributed by atoms with Gasteiger partial charge in [0, 0.05) is 8.95 Å². The monoisotopic (exact) mass is 403 g/mol. The Morgan fingerprint density at radius 2 is 1.57 bits per heavy atom. The third-order valence-corrected chi connectivity index (χ3v) is 5.34. The largest absolute Gasteiger partial charge is 0.320 e. The average Bonchev–Trinajstić information content (AvgIpc) is 2.50. The molecule has 0 aliphatic rings. The van der Waals surface area contributed by atoms with Gasteiger partial charge < -0.3 is 5.73 Å². The first-order valence-corrected chi connectivity index (χ1v) is 8.35. The first kappa shape index (κ1) is 14.8. The molecule has 3 aromatic carbocycles. The van der Waals surface area contributed by atoms with Crippen molar-refractivity contribution in [3.63, 3.8) is 0 Å². The minimum absolute atomic E-state index is 0.139. The Morgan fingerprint density at radius 1 is 0.857 bits per heavy atom. The maximum atomic E-state index is 6.52. The van der Waals surface area contributed by atoms with Crippen LogP contribution in [0.25, 0.3) is 10.8 Å². The number of halogens is 2. The Balaban J connectivity index is 2.15. The molecule has 0 saturated carbocycles. The molecule has 0 amide bonds. The molecule has 0 spiro atoms. The normalized spacial score (nSPS) is 12.6. The van der Waals surface area contributed by atoms with Gasteiger partial charge in [0.1, 0.15) is 0 Å². The van der Waals surface area contributed by atoms with E-state index >= 15 is 0 Å². The fourth-order valence-electron chi connectivity index (χ4n) is 2.54. The van der Waals surface area contributed by atoms with Crippen LogP contribution in [-0.2, 0) is 0 Å². The van der Waals surface area contributed by atoms with Crippen LogP contribution >= 0.6 is 31.9 Å². The molecular weight excluding hydrogens is 390 g/mol. The van der Waals surface area contributed by atoms with Crippen LogP contribution in [0, 0.1) is 6.92 Å². The molecule has 2 N–H and O–H groups in total. The van der Waals surface area contributed by atoms with Gasteiger partial charge in [-0.25, -0.2) is 0 Å². The number of nitrogens with two attached hydrogens (primary N) is 1. The second-order valence-corrected chi connectivity index (χ2v) is 6.88. The molecule has 0 aromatic heterocycles. The van der Waals surface area contributed by atoms with Crippen LogP contribution in [0.2, 0.25) is 0 Å². The summed E-state index contributed by atoms with van der Waals surface area (Å²) in [5.74, 6) is 0. The first-order chi connectivity index (χ1) is 10.1. The van der Waals surface area contributed by atoms with Gasteiger partial charge in [-0.3, -0.25) is 0 Å². The van der Waals surface area contributed by atoms with Gasteiger partial charge in [-0.05, 0) is 46.5 Å². The second kappa shape index (κ2) is 5.91. The smallest absolute Gasteiger partial charge is 0.0558 e. The van der Waals surface area contributed by atoms with Crippen LogP contribution in [0.4, 0.5) is 0 Å². The summed E-state index contributed by atoms with van der Waals surface area (Å²) in [5.41, 5.74) is 9.98. The molecule has 3 heteroatoms. The zero-order valence-electron chi connectivity index (χ0n) is 11.6. The molecule has 1 unspecified atom stereocenters. The van der Waals surface area contributed by atoms with Crippen LogP contribution in [-0.4, -0.2) is 0 Å². The van der Waals surface area contributed by atoms with E-state index in [9.17, 15) is 0 Å². The number of hydrogen-bond acceptors (Lipinski definition) is 1. The van der Waals surface area contributed by atoms with Gasteiger partial charge in [-0.2, -0.15) is 0 Å². The zero-order valence-corrected chi connectivity index (χ0v) is 14.8. The van der Waals surface area contributed by atoms with Crippen LogP contribution < -0.4 is 5.73 Å². The van der Waals surface area contributed by atoms with Crippen molar-refractivity contribution in [1.82, 2.24) is 0 Å². The quantitative estimate of drug-likeness (QED) is 0.580. The highest BCUT2D eigenvalue weighted by atomic mass is 79.9. The summed E-state index contributed by atoms with van der Waals surface area (Å²) < 4.78 is 2.19. The number of aryl methyl sites for hydroxylation is 1. The van der Waals surface area contributed by atoms with E-state index in [0.717, 1.165) is 20.1 Å². The van der Waals surface area contributed by atoms with E-state index in [0.29, 0.717) is 0 Å². The molecular formula is C18H15Br2N. The first-order valence-electron chi connectivity index (χ1n) is 6.76. The number of fused-ring (bicyclic) bond motifs is 1. The lowest BCUT2D eigenvalue weighted by Crippen LogP contribution is -2.12. The van der Waals surface area contributed by atoms with Crippen molar-refractivity contribution in [2.24, 2.45) is 5.73 Å². The summed E-state index contributed by atoms with van der Waals surface area (Å²) in [6, 6.07) is 18.7. The van der Waals surface area contributed by atoms with E-state index in [4.69, 9.17) is 5.73 Å². The van der Waals surface area contributed by atoms with Crippen molar-refractivity contribution in [2.75, 3.05) is 0 Å². The summed E-state index contributed by atoms with van der Waals surface area (Å²) in [5, 5.41) is 2.38. The summed E-state index contributed by atoms with van der Waals surface area (Å²) in [4.78, 5) is 0. The highest BCUT2D eigenvalue weighted by molar-refractivity contribution is 9.11. The third-order valence-electron chi connectivity index (χ3n) is 3.79. The van der Waals surface area contributed by atoms with Gasteiger partial charge in [-0.1, -0.05) is 74.3 Å². The van der Waals surface area contributed by atoms with E-state index in [-0.39, 0.29) is 6.04 Å². The third kappa shape index (κ3) is 2.78. The molecule has 0 fully saturated rings. The van der Waals surface area contributed by atoms with Crippen LogP contribution in [0.1, 0.15) is 22.7 Å². The van der Waals surface area contributed by atoms with Crippen molar-refractivity contribution < 1.29 is 0 Å². The highest BCUT2D eigenvalue weighted by Crippen LogP contribution is 2.33. The van der Waals surface area contributed by atoms with E-state index in [1.165, 1.54) is 16.3 Å². The minimum Gasteiger partial charge on any atom is -0.320 e. The van der Waals surface area contributed by atoms with Gasteiger partial charge >= 0.3 is 0 Å². The van der Waals surface area contributed by atoms with E-state index in [1.54, 1.807) is 0 Å². The van der Waals surface area contributed by atoms with Crippen LogP contribution in [0.3, 0.4) is 0 Å². The van der Waals surface area contributed by atoms with E-state index < -0.39 is 0 Å². The summed E-state index contributed by atoms with van der Waals surface area (Å²) >= 11 is 7.19. The Bertz CT molecular complexity index is 811. The molecule has 0 aliphatic heterocycles. The molecule has 0 heterocycles. The molecule has 0 bridgehead atoms.